The van der Waals surface area contributed by atoms with Crippen molar-refractivity contribution < 1.29 is 0 Å². The molecule has 4 rings (SSSR count). The zero-order valence-corrected chi connectivity index (χ0v) is 19.9. The van der Waals surface area contributed by atoms with Crippen LogP contribution in [0.25, 0.3) is 11.3 Å². The lowest BCUT2D eigenvalue weighted by Gasteiger charge is -2.27. The van der Waals surface area contributed by atoms with E-state index in [0.717, 1.165) is 61.0 Å². The van der Waals surface area contributed by atoms with Crippen LogP contribution in [0.5, 0.6) is 0 Å². The Bertz CT molecular complexity index is 1090. The third-order valence-corrected chi connectivity index (χ3v) is 5.95. The largest absolute Gasteiger partial charge is 0.398 e. The number of nitrogens with one attached hydrogen (secondary N) is 2. The van der Waals surface area contributed by atoms with Gasteiger partial charge in [0.1, 0.15) is 5.82 Å². The van der Waals surface area contributed by atoms with Crippen molar-refractivity contribution in [3.05, 3.63) is 53.3 Å². The monoisotopic (exact) mass is 433 g/mol. The number of aromatic nitrogens is 3. The Morgan fingerprint density at radius 1 is 1.16 bits per heavy atom. The van der Waals surface area contributed by atoms with Crippen LogP contribution < -0.4 is 16.4 Å². The maximum absolute atomic E-state index is 6.37. The van der Waals surface area contributed by atoms with E-state index in [4.69, 9.17) is 10.7 Å². The first kappa shape index (κ1) is 22.1. The molecule has 7 heteroatoms. The molecule has 0 radical (unpaired) electrons. The predicted molar refractivity (Wildman–Crippen MR) is 133 cm³/mol. The SMILES string of the molecule is CNc1nc(-c2cc(CN3CCc4c(cnn4C)C3)ccc2N)ccc1NCC(C)(C)C. The van der Waals surface area contributed by atoms with E-state index in [1.807, 2.05) is 37.1 Å². The molecule has 32 heavy (non-hydrogen) atoms. The third kappa shape index (κ3) is 4.88. The molecule has 0 aliphatic carbocycles. The van der Waals surface area contributed by atoms with Gasteiger partial charge >= 0.3 is 0 Å². The first-order chi connectivity index (χ1) is 15.2. The van der Waals surface area contributed by atoms with E-state index in [2.05, 4.69) is 59.6 Å². The lowest BCUT2D eigenvalue weighted by Crippen LogP contribution is -2.30. The number of benzene rings is 1. The molecule has 1 aromatic carbocycles. The minimum absolute atomic E-state index is 0.188. The zero-order valence-electron chi connectivity index (χ0n) is 19.9. The summed E-state index contributed by atoms with van der Waals surface area (Å²) in [6, 6.07) is 10.4. The fraction of sp³-hybridized carbons (Fsp3) is 0.440. The van der Waals surface area contributed by atoms with Gasteiger partial charge in [-0.1, -0.05) is 26.8 Å². The third-order valence-electron chi connectivity index (χ3n) is 5.95. The normalized spacial score (nSPS) is 14.3. The standard InChI is InChI=1S/C25H35N7/c1-25(2,3)16-28-22-9-8-21(30-24(22)27-4)19-12-17(6-7-20(19)26)14-32-11-10-23-18(15-32)13-29-31(23)5/h6-9,12-13,28H,10-11,14-16,26H2,1-5H3,(H,27,30). The molecule has 2 aromatic heterocycles. The highest BCUT2D eigenvalue weighted by Gasteiger charge is 2.20. The minimum Gasteiger partial charge on any atom is -0.398 e. The number of nitrogens with two attached hydrogens (primary N) is 1. The first-order valence-electron chi connectivity index (χ1n) is 11.3. The molecule has 3 heterocycles. The summed E-state index contributed by atoms with van der Waals surface area (Å²) in [5.41, 5.74) is 14.1. The van der Waals surface area contributed by atoms with Crippen molar-refractivity contribution in [1.82, 2.24) is 19.7 Å². The average Bonchev–Trinajstić information content (AvgIpc) is 3.13. The number of aryl methyl sites for hydroxylation is 1. The second-order valence-electron chi connectivity index (χ2n) is 9.88. The predicted octanol–water partition coefficient (Wildman–Crippen LogP) is 4.12. The van der Waals surface area contributed by atoms with Crippen LogP contribution in [-0.4, -0.2) is 39.8 Å². The molecule has 0 unspecified atom stereocenters. The lowest BCUT2D eigenvalue weighted by atomic mass is 9.97. The summed E-state index contributed by atoms with van der Waals surface area (Å²) >= 11 is 0. The van der Waals surface area contributed by atoms with E-state index in [-0.39, 0.29) is 5.41 Å². The van der Waals surface area contributed by atoms with E-state index in [9.17, 15) is 0 Å². The van der Waals surface area contributed by atoms with Gasteiger partial charge in [0.15, 0.2) is 0 Å². The maximum atomic E-state index is 6.37. The van der Waals surface area contributed by atoms with Crippen molar-refractivity contribution in [2.45, 2.75) is 40.3 Å². The van der Waals surface area contributed by atoms with Crippen molar-refractivity contribution in [3.8, 4) is 11.3 Å². The van der Waals surface area contributed by atoms with Crippen molar-refractivity contribution in [2.24, 2.45) is 12.5 Å². The lowest BCUT2D eigenvalue weighted by molar-refractivity contribution is 0.243. The van der Waals surface area contributed by atoms with E-state index in [1.165, 1.54) is 16.8 Å². The van der Waals surface area contributed by atoms with Crippen LogP contribution in [0.4, 0.5) is 17.2 Å². The molecule has 0 saturated heterocycles. The van der Waals surface area contributed by atoms with Crippen molar-refractivity contribution >= 4 is 17.2 Å². The minimum atomic E-state index is 0.188. The average molecular weight is 434 g/mol. The second kappa shape index (κ2) is 8.82. The van der Waals surface area contributed by atoms with Gasteiger partial charge in [-0.05, 0) is 35.2 Å². The van der Waals surface area contributed by atoms with Gasteiger partial charge in [0, 0.05) is 69.2 Å². The number of anilines is 3. The van der Waals surface area contributed by atoms with Crippen molar-refractivity contribution in [2.75, 3.05) is 36.5 Å². The Hall–Kier alpha value is -3.06. The summed E-state index contributed by atoms with van der Waals surface area (Å²) in [5, 5.41) is 11.1. The van der Waals surface area contributed by atoms with Crippen LogP contribution in [0.15, 0.2) is 36.5 Å². The molecule has 170 valence electrons. The van der Waals surface area contributed by atoms with Crippen LogP contribution in [0.3, 0.4) is 0 Å². The number of nitrogen functional groups attached to an aromatic ring is 1. The van der Waals surface area contributed by atoms with Crippen LogP contribution >= 0.6 is 0 Å². The van der Waals surface area contributed by atoms with E-state index >= 15 is 0 Å². The molecule has 7 nitrogen and oxygen atoms in total. The van der Waals surface area contributed by atoms with E-state index < -0.39 is 0 Å². The van der Waals surface area contributed by atoms with E-state index in [1.54, 1.807) is 0 Å². The van der Waals surface area contributed by atoms with Crippen LogP contribution in [0, 0.1) is 5.41 Å². The second-order valence-corrected chi connectivity index (χ2v) is 9.88. The van der Waals surface area contributed by atoms with Gasteiger partial charge in [-0.25, -0.2) is 4.98 Å². The van der Waals surface area contributed by atoms with Gasteiger partial charge in [-0.2, -0.15) is 5.10 Å². The molecular formula is C25H35N7. The van der Waals surface area contributed by atoms with Gasteiger partial charge < -0.3 is 16.4 Å². The molecule has 0 spiro atoms. The van der Waals surface area contributed by atoms with Crippen LogP contribution in [-0.2, 0) is 26.6 Å². The summed E-state index contributed by atoms with van der Waals surface area (Å²) in [6.07, 6.45) is 3.03. The smallest absolute Gasteiger partial charge is 0.149 e. The fourth-order valence-electron chi connectivity index (χ4n) is 4.17. The highest BCUT2D eigenvalue weighted by Crippen LogP contribution is 2.31. The van der Waals surface area contributed by atoms with Gasteiger partial charge in [-0.15, -0.1) is 0 Å². The van der Waals surface area contributed by atoms with Gasteiger partial charge in [0.2, 0.25) is 0 Å². The Labute approximate surface area is 191 Å². The molecule has 4 N–H and O–H groups in total. The molecule has 3 aromatic rings. The topological polar surface area (TPSA) is 84.0 Å². The first-order valence-corrected chi connectivity index (χ1v) is 11.3. The molecule has 0 amide bonds. The highest BCUT2D eigenvalue weighted by atomic mass is 15.3. The fourth-order valence-corrected chi connectivity index (χ4v) is 4.17. The quantitative estimate of drug-likeness (QED) is 0.507. The number of nitrogens with zero attached hydrogens (tertiary/aromatic N) is 4. The summed E-state index contributed by atoms with van der Waals surface area (Å²) in [6.45, 7) is 10.3. The number of pyridine rings is 1. The Morgan fingerprint density at radius 3 is 2.72 bits per heavy atom. The summed E-state index contributed by atoms with van der Waals surface area (Å²) in [5.74, 6) is 0.830. The number of hydrogen-bond acceptors (Lipinski definition) is 6. The summed E-state index contributed by atoms with van der Waals surface area (Å²) in [4.78, 5) is 7.33. The van der Waals surface area contributed by atoms with Crippen LogP contribution in [0.1, 0.15) is 37.6 Å². The van der Waals surface area contributed by atoms with Crippen molar-refractivity contribution in [1.29, 1.82) is 0 Å². The zero-order chi connectivity index (χ0) is 22.9. The highest BCUT2D eigenvalue weighted by molar-refractivity contribution is 5.78. The molecular weight excluding hydrogens is 398 g/mol. The molecule has 0 fully saturated rings. The molecule has 1 aliphatic heterocycles. The summed E-state index contributed by atoms with van der Waals surface area (Å²) in [7, 11) is 3.92. The molecule has 0 bridgehead atoms. The number of rotatable bonds is 6. The number of hydrogen-bond donors (Lipinski definition) is 3. The number of fused-ring (bicyclic) bond motifs is 1. The van der Waals surface area contributed by atoms with Crippen LogP contribution in [0.2, 0.25) is 0 Å². The van der Waals surface area contributed by atoms with E-state index in [0.29, 0.717) is 0 Å². The Kier molecular flexibility index (Phi) is 6.11. The summed E-state index contributed by atoms with van der Waals surface area (Å²) < 4.78 is 2.00. The van der Waals surface area contributed by atoms with Crippen molar-refractivity contribution in [3.63, 3.8) is 0 Å². The van der Waals surface area contributed by atoms with Gasteiger partial charge in [0.05, 0.1) is 17.6 Å². The molecule has 0 saturated carbocycles. The molecule has 0 atom stereocenters. The maximum Gasteiger partial charge on any atom is 0.149 e. The van der Waals surface area contributed by atoms with Gasteiger partial charge in [0.25, 0.3) is 0 Å². The van der Waals surface area contributed by atoms with Gasteiger partial charge in [-0.3, -0.25) is 9.58 Å². The Balaban J connectivity index is 1.54. The molecule has 1 aliphatic rings. The Morgan fingerprint density at radius 2 is 1.97 bits per heavy atom.